The van der Waals surface area contributed by atoms with Crippen LogP contribution in [0.15, 0.2) is 22.8 Å². The van der Waals surface area contributed by atoms with Gasteiger partial charge in [-0.2, -0.15) is 0 Å². The van der Waals surface area contributed by atoms with E-state index in [2.05, 4.69) is 15.9 Å². The highest BCUT2D eigenvalue weighted by molar-refractivity contribution is 9.10. The summed E-state index contributed by atoms with van der Waals surface area (Å²) in [5, 5.41) is 0. The van der Waals surface area contributed by atoms with Crippen molar-refractivity contribution in [2.24, 2.45) is 0 Å². The first-order valence-electron chi connectivity index (χ1n) is 3.53. The number of ether oxygens (including phenoxy) is 1. The Labute approximate surface area is 78.8 Å². The minimum absolute atomic E-state index is 0.196. The summed E-state index contributed by atoms with van der Waals surface area (Å²) in [6.07, 6.45) is 1.54. The van der Waals surface area contributed by atoms with Gasteiger partial charge in [-0.1, -0.05) is 15.9 Å². The number of carbonyl (C=O) groups excluding carboxylic acids is 1. The number of esters is 1. The van der Waals surface area contributed by atoms with Gasteiger partial charge in [-0.3, -0.25) is 4.79 Å². The number of halogens is 1. The van der Waals surface area contributed by atoms with Crippen LogP contribution in [0.4, 0.5) is 0 Å². The molecule has 0 spiro atoms. The third-order valence-corrected chi connectivity index (χ3v) is 1.64. The molecular weight excluding hydrogens is 224 g/mol. The predicted molar refractivity (Wildman–Crippen MR) is 46.9 cm³/mol. The molecule has 0 aliphatic heterocycles. The molecule has 0 saturated heterocycles. The minimum Gasteiger partial charge on any atom is -0.466 e. The first kappa shape index (κ1) is 9.32. The average Bonchev–Trinajstić information content (AvgIpc) is 2.51. The Morgan fingerprint density at radius 2 is 2.58 bits per heavy atom. The maximum absolute atomic E-state index is 10.9. The second kappa shape index (κ2) is 4.30. The molecule has 4 heteroatoms. The summed E-state index contributed by atoms with van der Waals surface area (Å²) < 4.78 is 9.84. The van der Waals surface area contributed by atoms with Gasteiger partial charge in [0, 0.05) is 0 Å². The standard InChI is InChI=1S/C8H9BrO3/c1-6(9)8(10)12-5-7-3-2-4-11-7/h2-4,6H,5H2,1H3. The summed E-state index contributed by atoms with van der Waals surface area (Å²) in [4.78, 5) is 10.7. The highest BCUT2D eigenvalue weighted by atomic mass is 79.9. The van der Waals surface area contributed by atoms with Gasteiger partial charge in [0.1, 0.15) is 17.2 Å². The normalized spacial score (nSPS) is 12.5. The van der Waals surface area contributed by atoms with E-state index in [1.807, 2.05) is 0 Å². The number of alkyl halides is 1. The lowest BCUT2D eigenvalue weighted by Gasteiger charge is -2.03. The fraction of sp³-hybridized carbons (Fsp3) is 0.375. The van der Waals surface area contributed by atoms with E-state index >= 15 is 0 Å². The summed E-state index contributed by atoms with van der Waals surface area (Å²) in [7, 11) is 0. The zero-order chi connectivity index (χ0) is 8.97. The Hall–Kier alpha value is -0.770. The Morgan fingerprint density at radius 3 is 3.08 bits per heavy atom. The Balaban J connectivity index is 2.32. The highest BCUT2D eigenvalue weighted by Crippen LogP contribution is 2.05. The van der Waals surface area contributed by atoms with Crippen LogP contribution >= 0.6 is 15.9 Å². The summed E-state index contributed by atoms with van der Waals surface area (Å²) in [5.41, 5.74) is 0. The van der Waals surface area contributed by atoms with E-state index < -0.39 is 0 Å². The van der Waals surface area contributed by atoms with Gasteiger partial charge in [0.15, 0.2) is 0 Å². The first-order chi connectivity index (χ1) is 5.70. The van der Waals surface area contributed by atoms with Crippen LogP contribution < -0.4 is 0 Å². The monoisotopic (exact) mass is 232 g/mol. The van der Waals surface area contributed by atoms with Crippen molar-refractivity contribution in [3.63, 3.8) is 0 Å². The predicted octanol–water partition coefficient (Wildman–Crippen LogP) is 2.11. The molecule has 1 atom stereocenters. The smallest absolute Gasteiger partial charge is 0.319 e. The quantitative estimate of drug-likeness (QED) is 0.592. The zero-order valence-electron chi connectivity index (χ0n) is 6.62. The van der Waals surface area contributed by atoms with E-state index in [9.17, 15) is 4.79 Å². The van der Waals surface area contributed by atoms with E-state index in [-0.39, 0.29) is 17.4 Å². The van der Waals surface area contributed by atoms with Crippen molar-refractivity contribution in [3.05, 3.63) is 24.2 Å². The SMILES string of the molecule is CC(Br)C(=O)OCc1ccco1. The van der Waals surface area contributed by atoms with Gasteiger partial charge >= 0.3 is 5.97 Å². The Bertz CT molecular complexity index is 241. The van der Waals surface area contributed by atoms with Gasteiger partial charge in [0.05, 0.1) is 6.26 Å². The van der Waals surface area contributed by atoms with Gasteiger partial charge < -0.3 is 9.15 Å². The molecule has 1 unspecified atom stereocenters. The molecule has 0 bridgehead atoms. The molecule has 1 aromatic heterocycles. The first-order valence-corrected chi connectivity index (χ1v) is 4.45. The molecule has 1 rings (SSSR count). The Kier molecular flexibility index (Phi) is 3.34. The van der Waals surface area contributed by atoms with Crippen LogP contribution in [-0.2, 0) is 16.1 Å². The van der Waals surface area contributed by atoms with Gasteiger partial charge in [0.2, 0.25) is 0 Å². The van der Waals surface area contributed by atoms with Gasteiger partial charge in [-0.25, -0.2) is 0 Å². The van der Waals surface area contributed by atoms with Crippen LogP contribution in [0.2, 0.25) is 0 Å². The van der Waals surface area contributed by atoms with Crippen molar-refractivity contribution in [1.29, 1.82) is 0 Å². The van der Waals surface area contributed by atoms with Gasteiger partial charge in [-0.15, -0.1) is 0 Å². The maximum atomic E-state index is 10.9. The van der Waals surface area contributed by atoms with Crippen LogP contribution in [0, 0.1) is 0 Å². The van der Waals surface area contributed by atoms with Crippen LogP contribution in [-0.4, -0.2) is 10.8 Å². The molecule has 1 heterocycles. The maximum Gasteiger partial charge on any atom is 0.319 e. The molecule has 3 nitrogen and oxygen atoms in total. The molecule has 12 heavy (non-hydrogen) atoms. The largest absolute Gasteiger partial charge is 0.466 e. The van der Waals surface area contributed by atoms with Crippen LogP contribution in [0.5, 0.6) is 0 Å². The molecule has 0 radical (unpaired) electrons. The number of carbonyl (C=O) groups is 1. The molecule has 66 valence electrons. The van der Waals surface area contributed by atoms with Crippen LogP contribution in [0.1, 0.15) is 12.7 Å². The summed E-state index contributed by atoms with van der Waals surface area (Å²) in [6.45, 7) is 1.91. The average molecular weight is 233 g/mol. The van der Waals surface area contributed by atoms with Gasteiger partial charge in [-0.05, 0) is 19.1 Å². The fourth-order valence-corrected chi connectivity index (χ4v) is 0.784. The van der Waals surface area contributed by atoms with E-state index in [0.29, 0.717) is 5.76 Å². The second-order valence-corrected chi connectivity index (χ2v) is 3.68. The lowest BCUT2D eigenvalue weighted by atomic mass is 10.4. The molecule has 0 aliphatic carbocycles. The summed E-state index contributed by atoms with van der Waals surface area (Å²) in [5.74, 6) is 0.364. The van der Waals surface area contributed by atoms with Crippen molar-refractivity contribution in [3.8, 4) is 0 Å². The van der Waals surface area contributed by atoms with Crippen molar-refractivity contribution >= 4 is 21.9 Å². The molecule has 0 amide bonds. The zero-order valence-corrected chi connectivity index (χ0v) is 8.21. The van der Waals surface area contributed by atoms with Crippen LogP contribution in [0.25, 0.3) is 0 Å². The highest BCUT2D eigenvalue weighted by Gasteiger charge is 2.10. The number of hydrogen-bond donors (Lipinski definition) is 0. The topological polar surface area (TPSA) is 39.4 Å². The third kappa shape index (κ3) is 2.70. The van der Waals surface area contributed by atoms with Crippen molar-refractivity contribution in [2.75, 3.05) is 0 Å². The number of furan rings is 1. The van der Waals surface area contributed by atoms with Crippen molar-refractivity contribution in [2.45, 2.75) is 18.4 Å². The number of hydrogen-bond acceptors (Lipinski definition) is 3. The molecule has 0 saturated carbocycles. The van der Waals surface area contributed by atoms with Gasteiger partial charge in [0.25, 0.3) is 0 Å². The number of rotatable bonds is 3. The molecule has 0 aromatic carbocycles. The molecule has 0 N–H and O–H groups in total. The van der Waals surface area contributed by atoms with Crippen molar-refractivity contribution in [1.82, 2.24) is 0 Å². The molecule has 0 aliphatic rings. The van der Waals surface area contributed by atoms with E-state index in [1.54, 1.807) is 25.3 Å². The minimum atomic E-state index is -0.286. The van der Waals surface area contributed by atoms with Crippen molar-refractivity contribution < 1.29 is 13.9 Å². The van der Waals surface area contributed by atoms with E-state index in [1.165, 1.54) is 0 Å². The molecular formula is C8H9BrO3. The third-order valence-electron chi connectivity index (χ3n) is 1.26. The van der Waals surface area contributed by atoms with Crippen LogP contribution in [0.3, 0.4) is 0 Å². The Morgan fingerprint density at radius 1 is 1.83 bits per heavy atom. The fourth-order valence-electron chi connectivity index (χ4n) is 0.652. The summed E-state index contributed by atoms with van der Waals surface area (Å²) >= 11 is 3.10. The lowest BCUT2D eigenvalue weighted by molar-refractivity contribution is -0.144. The van der Waals surface area contributed by atoms with E-state index in [4.69, 9.17) is 9.15 Å². The van der Waals surface area contributed by atoms with E-state index in [0.717, 1.165) is 0 Å². The second-order valence-electron chi connectivity index (χ2n) is 2.30. The molecule has 0 fully saturated rings. The lowest BCUT2D eigenvalue weighted by Crippen LogP contribution is -2.13. The summed E-state index contributed by atoms with van der Waals surface area (Å²) in [6, 6.07) is 3.51. The molecule has 1 aromatic rings.